The van der Waals surface area contributed by atoms with Crippen LogP contribution in [0, 0.1) is 5.92 Å². The predicted octanol–water partition coefficient (Wildman–Crippen LogP) is 3.31. The first-order chi connectivity index (χ1) is 14.9. The van der Waals surface area contributed by atoms with Gasteiger partial charge in [0, 0.05) is 24.8 Å². The summed E-state index contributed by atoms with van der Waals surface area (Å²) in [6.07, 6.45) is 0. The van der Waals surface area contributed by atoms with Crippen molar-refractivity contribution in [2.24, 2.45) is 5.92 Å². The third kappa shape index (κ3) is 7.29. The van der Waals surface area contributed by atoms with Crippen LogP contribution in [0.15, 0.2) is 42.5 Å². The van der Waals surface area contributed by atoms with E-state index < -0.39 is 6.04 Å². The average molecular weight is 429 g/mol. The predicted molar refractivity (Wildman–Crippen MR) is 119 cm³/mol. The largest absolute Gasteiger partial charge is 0.497 e. The van der Waals surface area contributed by atoms with Gasteiger partial charge in [-0.05, 0) is 36.1 Å². The van der Waals surface area contributed by atoms with Gasteiger partial charge in [0.15, 0.2) is 0 Å². The van der Waals surface area contributed by atoms with E-state index in [1.165, 1.54) is 14.2 Å². The van der Waals surface area contributed by atoms with E-state index in [1.54, 1.807) is 18.2 Å². The Morgan fingerprint density at radius 3 is 2.03 bits per heavy atom. The molecule has 0 fully saturated rings. The Labute approximate surface area is 184 Å². The third-order valence-corrected chi connectivity index (χ3v) is 4.81. The van der Waals surface area contributed by atoms with Crippen LogP contribution in [0.5, 0.6) is 11.5 Å². The van der Waals surface area contributed by atoms with Gasteiger partial charge >= 0.3 is 0 Å². The van der Waals surface area contributed by atoms with Crippen molar-refractivity contribution in [2.45, 2.75) is 40.0 Å². The number of hydrogen-bond donors (Lipinski definition) is 2. The second kappa shape index (κ2) is 12.0. The highest BCUT2D eigenvalue weighted by molar-refractivity contribution is 5.98. The molecular weight excluding hydrogens is 396 g/mol. The molecule has 168 valence electrons. The zero-order valence-corrected chi connectivity index (χ0v) is 18.9. The second-order valence-corrected chi connectivity index (χ2v) is 7.47. The molecule has 2 rings (SSSR count). The van der Waals surface area contributed by atoms with Crippen LogP contribution in [0.2, 0.25) is 0 Å². The monoisotopic (exact) mass is 428 g/mol. The van der Waals surface area contributed by atoms with E-state index in [9.17, 15) is 9.59 Å². The molecule has 1 unspecified atom stereocenters. The molecule has 0 aliphatic heterocycles. The molecule has 31 heavy (non-hydrogen) atoms. The molecule has 0 aromatic heterocycles. The van der Waals surface area contributed by atoms with Gasteiger partial charge in [0.2, 0.25) is 5.91 Å². The number of ether oxygens (including phenoxy) is 3. The summed E-state index contributed by atoms with van der Waals surface area (Å²) in [6, 6.07) is 12.1. The summed E-state index contributed by atoms with van der Waals surface area (Å²) in [6.45, 7) is 7.35. The molecule has 2 aromatic rings. The number of methoxy groups -OCH3 is 2. The van der Waals surface area contributed by atoms with Crippen molar-refractivity contribution in [1.82, 2.24) is 10.6 Å². The Balaban J connectivity index is 2.01. The molecule has 0 aliphatic rings. The van der Waals surface area contributed by atoms with Gasteiger partial charge in [-0.1, -0.05) is 38.1 Å². The van der Waals surface area contributed by atoms with Crippen LogP contribution in [0.25, 0.3) is 0 Å². The van der Waals surface area contributed by atoms with E-state index >= 15 is 0 Å². The fourth-order valence-electron chi connectivity index (χ4n) is 2.97. The van der Waals surface area contributed by atoms with Gasteiger partial charge in [-0.25, -0.2) is 0 Å². The van der Waals surface area contributed by atoms with Crippen molar-refractivity contribution in [3.63, 3.8) is 0 Å². The number of benzene rings is 2. The van der Waals surface area contributed by atoms with E-state index in [1.807, 2.05) is 45.0 Å². The number of carbonyl (C=O) groups excluding carboxylic acids is 2. The van der Waals surface area contributed by atoms with E-state index in [4.69, 9.17) is 14.2 Å². The van der Waals surface area contributed by atoms with Crippen LogP contribution in [0.3, 0.4) is 0 Å². The lowest BCUT2D eigenvalue weighted by molar-refractivity contribution is -0.124. The standard InChI is InChI=1S/C24H32N2O5/c1-6-31-15-18-9-7-17(8-10-18)14-25-24(28)22(16(2)3)26-23(27)19-11-20(29-4)13-21(12-19)30-5/h7-13,16,22H,6,14-15H2,1-5H3,(H,25,28)(H,26,27). The first kappa shape index (κ1) is 24.2. The summed E-state index contributed by atoms with van der Waals surface area (Å²) in [7, 11) is 3.04. The molecule has 2 amide bonds. The zero-order chi connectivity index (χ0) is 22.8. The molecule has 0 spiro atoms. The zero-order valence-electron chi connectivity index (χ0n) is 18.9. The maximum atomic E-state index is 12.8. The Hall–Kier alpha value is -3.06. The molecule has 2 aromatic carbocycles. The van der Waals surface area contributed by atoms with E-state index in [0.717, 1.165) is 11.1 Å². The summed E-state index contributed by atoms with van der Waals surface area (Å²) < 4.78 is 15.8. The van der Waals surface area contributed by atoms with Crippen molar-refractivity contribution < 1.29 is 23.8 Å². The minimum atomic E-state index is -0.679. The lowest BCUT2D eigenvalue weighted by atomic mass is 10.0. The van der Waals surface area contributed by atoms with Crippen molar-refractivity contribution in [3.8, 4) is 11.5 Å². The Kier molecular flexibility index (Phi) is 9.34. The minimum Gasteiger partial charge on any atom is -0.497 e. The number of nitrogens with one attached hydrogen (secondary N) is 2. The molecule has 0 radical (unpaired) electrons. The summed E-state index contributed by atoms with van der Waals surface area (Å²) in [5.41, 5.74) is 2.41. The molecular formula is C24H32N2O5. The van der Waals surface area contributed by atoms with Gasteiger partial charge in [0.1, 0.15) is 17.5 Å². The van der Waals surface area contributed by atoms with Gasteiger partial charge in [-0.3, -0.25) is 9.59 Å². The number of carbonyl (C=O) groups is 2. The highest BCUT2D eigenvalue weighted by Crippen LogP contribution is 2.22. The fraction of sp³-hybridized carbons (Fsp3) is 0.417. The number of hydrogen-bond acceptors (Lipinski definition) is 5. The van der Waals surface area contributed by atoms with E-state index in [-0.39, 0.29) is 17.7 Å². The fourth-order valence-corrected chi connectivity index (χ4v) is 2.97. The van der Waals surface area contributed by atoms with Crippen LogP contribution in [0.1, 0.15) is 42.3 Å². The molecule has 0 bridgehead atoms. The topological polar surface area (TPSA) is 85.9 Å². The molecule has 0 saturated carbocycles. The number of rotatable bonds is 11. The molecule has 0 heterocycles. The first-order valence-corrected chi connectivity index (χ1v) is 10.3. The van der Waals surface area contributed by atoms with Gasteiger partial charge in [-0.15, -0.1) is 0 Å². The summed E-state index contributed by atoms with van der Waals surface area (Å²) in [4.78, 5) is 25.6. The van der Waals surface area contributed by atoms with Crippen LogP contribution < -0.4 is 20.1 Å². The lowest BCUT2D eigenvalue weighted by Crippen LogP contribution is -2.49. The molecule has 0 saturated heterocycles. The smallest absolute Gasteiger partial charge is 0.252 e. The maximum absolute atomic E-state index is 12.8. The minimum absolute atomic E-state index is 0.0926. The molecule has 0 aliphatic carbocycles. The normalized spacial score (nSPS) is 11.7. The van der Waals surface area contributed by atoms with Crippen molar-refractivity contribution >= 4 is 11.8 Å². The Bertz CT molecular complexity index is 843. The van der Waals surface area contributed by atoms with Crippen LogP contribution in [-0.4, -0.2) is 38.7 Å². The lowest BCUT2D eigenvalue weighted by Gasteiger charge is -2.22. The highest BCUT2D eigenvalue weighted by atomic mass is 16.5. The molecule has 7 heteroatoms. The van der Waals surface area contributed by atoms with Crippen molar-refractivity contribution in [1.29, 1.82) is 0 Å². The SMILES string of the molecule is CCOCc1ccc(CNC(=O)C(NC(=O)c2cc(OC)cc(OC)c2)C(C)C)cc1. The first-order valence-electron chi connectivity index (χ1n) is 10.3. The van der Waals surface area contributed by atoms with Gasteiger partial charge in [0.25, 0.3) is 5.91 Å². The Morgan fingerprint density at radius 2 is 1.52 bits per heavy atom. The molecule has 7 nitrogen and oxygen atoms in total. The Morgan fingerprint density at radius 1 is 0.935 bits per heavy atom. The van der Waals surface area contributed by atoms with Crippen LogP contribution >= 0.6 is 0 Å². The van der Waals surface area contributed by atoms with Gasteiger partial charge < -0.3 is 24.8 Å². The van der Waals surface area contributed by atoms with Gasteiger partial charge in [0.05, 0.1) is 20.8 Å². The van der Waals surface area contributed by atoms with Gasteiger partial charge in [-0.2, -0.15) is 0 Å². The van der Waals surface area contributed by atoms with E-state index in [2.05, 4.69) is 10.6 Å². The van der Waals surface area contributed by atoms with Crippen molar-refractivity contribution in [2.75, 3.05) is 20.8 Å². The molecule has 1 atom stereocenters. The second-order valence-electron chi connectivity index (χ2n) is 7.47. The highest BCUT2D eigenvalue weighted by Gasteiger charge is 2.25. The summed E-state index contributed by atoms with van der Waals surface area (Å²) in [5, 5.41) is 5.74. The summed E-state index contributed by atoms with van der Waals surface area (Å²) >= 11 is 0. The van der Waals surface area contributed by atoms with Crippen molar-refractivity contribution in [3.05, 3.63) is 59.2 Å². The summed E-state index contributed by atoms with van der Waals surface area (Å²) in [5.74, 6) is 0.304. The number of amides is 2. The van der Waals surface area contributed by atoms with E-state index in [0.29, 0.717) is 36.8 Å². The van der Waals surface area contributed by atoms with Crippen LogP contribution in [-0.2, 0) is 22.7 Å². The maximum Gasteiger partial charge on any atom is 0.252 e. The molecule has 2 N–H and O–H groups in total. The van der Waals surface area contributed by atoms with Crippen LogP contribution in [0.4, 0.5) is 0 Å². The average Bonchev–Trinajstić information content (AvgIpc) is 2.79. The third-order valence-electron chi connectivity index (χ3n) is 4.81. The quantitative estimate of drug-likeness (QED) is 0.574.